The molecule has 0 fully saturated rings. The monoisotopic (exact) mass is 143 g/mol. The third kappa shape index (κ3) is 7.44. The maximum absolute atomic E-state index is 8.37. The Kier molecular flexibility index (Phi) is 7.97. The van der Waals surface area contributed by atoms with E-state index in [0.29, 0.717) is 6.61 Å². The van der Waals surface area contributed by atoms with E-state index in [1.54, 1.807) is 0 Å². The molecule has 0 saturated heterocycles. The van der Waals surface area contributed by atoms with Gasteiger partial charge in [-0.25, -0.2) is 5.48 Å². The summed E-state index contributed by atoms with van der Waals surface area (Å²) in [6.45, 7) is 1.26. The van der Waals surface area contributed by atoms with E-state index < -0.39 is 0 Å². The lowest BCUT2D eigenvalue weighted by Gasteiger charge is -2.00. The molecule has 0 saturated carbocycles. The molecule has 0 aromatic heterocycles. The van der Waals surface area contributed by atoms with Crippen LogP contribution in [0.15, 0.2) is 0 Å². The molecule has 3 heteroatoms. The predicted octanol–water partition coefficient (Wildman–Crippen LogP) is -0.0867. The largest absolute Gasteiger partial charge is 0.396 e. The Morgan fingerprint density at radius 3 is 2.90 bits per heavy atom. The van der Waals surface area contributed by atoms with Crippen molar-refractivity contribution in [3.05, 3.63) is 0 Å². The van der Waals surface area contributed by atoms with Crippen LogP contribution in [0.1, 0.15) is 12.8 Å². The first-order chi connectivity index (χ1) is 4.91. The van der Waals surface area contributed by atoms with Crippen LogP contribution in [0.25, 0.3) is 0 Å². The van der Waals surface area contributed by atoms with E-state index in [9.17, 15) is 0 Å². The van der Waals surface area contributed by atoms with Gasteiger partial charge in [-0.15, -0.1) is 6.42 Å². The molecule has 0 aliphatic rings. The second-order valence-electron chi connectivity index (χ2n) is 1.82. The molecule has 0 spiro atoms. The Bertz CT molecular complexity index is 98.3. The fourth-order valence-corrected chi connectivity index (χ4v) is 0.474. The Morgan fingerprint density at radius 2 is 2.30 bits per heavy atom. The van der Waals surface area contributed by atoms with Crippen molar-refractivity contribution in [3.8, 4) is 12.3 Å². The summed E-state index contributed by atoms with van der Waals surface area (Å²) in [7, 11) is 0. The summed E-state index contributed by atoms with van der Waals surface area (Å²) < 4.78 is 0. The minimum absolute atomic E-state index is 0.233. The first kappa shape index (κ1) is 9.44. The maximum Gasteiger partial charge on any atom is 0.128 e. The van der Waals surface area contributed by atoms with Crippen molar-refractivity contribution in [2.24, 2.45) is 0 Å². The molecular formula is C7H13NO2. The molecule has 0 amide bonds. The van der Waals surface area contributed by atoms with Gasteiger partial charge in [0.1, 0.15) is 6.61 Å². The van der Waals surface area contributed by atoms with Crippen LogP contribution in [0.5, 0.6) is 0 Å². The number of aliphatic hydroxyl groups excluding tert-OH is 1. The highest BCUT2D eigenvalue weighted by molar-refractivity contribution is 4.82. The summed E-state index contributed by atoms with van der Waals surface area (Å²) >= 11 is 0. The molecule has 0 rings (SSSR count). The number of nitrogens with one attached hydrogen (secondary N) is 1. The lowest BCUT2D eigenvalue weighted by atomic mass is 10.3. The van der Waals surface area contributed by atoms with Crippen LogP contribution in [0.3, 0.4) is 0 Å². The lowest BCUT2D eigenvalue weighted by molar-refractivity contribution is 0.0644. The molecule has 58 valence electrons. The van der Waals surface area contributed by atoms with Crippen LogP contribution in [0.4, 0.5) is 0 Å². The van der Waals surface area contributed by atoms with Crippen LogP contribution in [0, 0.1) is 12.3 Å². The number of hydrogen-bond acceptors (Lipinski definition) is 3. The standard InChI is InChI=1S/C7H13NO2/c1-2-7-10-8-5-3-4-6-9/h1,8-9H,3-7H2. The van der Waals surface area contributed by atoms with Crippen LogP contribution >= 0.6 is 0 Å². The fraction of sp³-hybridized carbons (Fsp3) is 0.714. The van der Waals surface area contributed by atoms with Gasteiger partial charge in [-0.2, -0.15) is 0 Å². The van der Waals surface area contributed by atoms with Crippen molar-refractivity contribution < 1.29 is 9.94 Å². The SMILES string of the molecule is C#CCONCCCCO. The highest BCUT2D eigenvalue weighted by atomic mass is 16.6. The van der Waals surface area contributed by atoms with E-state index in [2.05, 4.69) is 11.4 Å². The van der Waals surface area contributed by atoms with E-state index >= 15 is 0 Å². The molecular weight excluding hydrogens is 130 g/mol. The number of terminal acetylenes is 1. The topological polar surface area (TPSA) is 41.5 Å². The van der Waals surface area contributed by atoms with Gasteiger partial charge >= 0.3 is 0 Å². The van der Waals surface area contributed by atoms with Gasteiger partial charge in [0.2, 0.25) is 0 Å². The van der Waals surface area contributed by atoms with Crippen LogP contribution in [-0.2, 0) is 4.84 Å². The minimum Gasteiger partial charge on any atom is -0.396 e. The third-order valence-electron chi connectivity index (χ3n) is 0.945. The average Bonchev–Trinajstić information content (AvgIpc) is 1.97. The van der Waals surface area contributed by atoms with Gasteiger partial charge in [-0.1, -0.05) is 5.92 Å². The molecule has 0 aromatic carbocycles. The summed E-state index contributed by atoms with van der Waals surface area (Å²) in [5.74, 6) is 2.32. The molecule has 10 heavy (non-hydrogen) atoms. The van der Waals surface area contributed by atoms with Crippen LogP contribution in [0.2, 0.25) is 0 Å². The van der Waals surface area contributed by atoms with Gasteiger partial charge in [0.05, 0.1) is 0 Å². The summed E-state index contributed by atoms with van der Waals surface area (Å²) in [6, 6.07) is 0. The first-order valence-electron chi connectivity index (χ1n) is 3.30. The minimum atomic E-state index is 0.233. The van der Waals surface area contributed by atoms with Gasteiger partial charge in [-0.05, 0) is 12.8 Å². The van der Waals surface area contributed by atoms with Crippen molar-refractivity contribution in [2.45, 2.75) is 12.8 Å². The van der Waals surface area contributed by atoms with Crippen LogP contribution in [-0.4, -0.2) is 24.9 Å². The highest BCUT2D eigenvalue weighted by Crippen LogP contribution is 1.82. The predicted molar refractivity (Wildman–Crippen MR) is 39.1 cm³/mol. The number of hydrogen-bond donors (Lipinski definition) is 2. The molecule has 0 aromatic rings. The van der Waals surface area contributed by atoms with Crippen molar-refractivity contribution in [1.29, 1.82) is 0 Å². The quantitative estimate of drug-likeness (QED) is 0.310. The molecule has 0 unspecified atom stereocenters. The zero-order chi connectivity index (χ0) is 7.66. The molecule has 0 atom stereocenters. The van der Waals surface area contributed by atoms with Crippen molar-refractivity contribution >= 4 is 0 Å². The van der Waals surface area contributed by atoms with E-state index in [4.69, 9.17) is 16.4 Å². The van der Waals surface area contributed by atoms with Gasteiger partial charge in [0.25, 0.3) is 0 Å². The Morgan fingerprint density at radius 1 is 1.50 bits per heavy atom. The molecule has 0 aliphatic carbocycles. The second-order valence-corrected chi connectivity index (χ2v) is 1.82. The van der Waals surface area contributed by atoms with E-state index in [1.165, 1.54) is 0 Å². The van der Waals surface area contributed by atoms with E-state index in [-0.39, 0.29) is 6.61 Å². The van der Waals surface area contributed by atoms with E-state index in [1.807, 2.05) is 0 Å². The van der Waals surface area contributed by atoms with Crippen molar-refractivity contribution in [1.82, 2.24) is 5.48 Å². The Labute approximate surface area is 61.3 Å². The third-order valence-corrected chi connectivity index (χ3v) is 0.945. The molecule has 0 heterocycles. The zero-order valence-corrected chi connectivity index (χ0v) is 5.97. The second kappa shape index (κ2) is 8.44. The summed E-state index contributed by atoms with van der Waals surface area (Å²) in [5, 5.41) is 8.37. The molecule has 0 aliphatic heterocycles. The fourth-order valence-electron chi connectivity index (χ4n) is 0.474. The first-order valence-corrected chi connectivity index (χ1v) is 3.30. The van der Waals surface area contributed by atoms with Crippen molar-refractivity contribution in [2.75, 3.05) is 19.8 Å². The number of unbranched alkanes of at least 4 members (excludes halogenated alkanes) is 1. The number of rotatable bonds is 6. The molecule has 2 N–H and O–H groups in total. The van der Waals surface area contributed by atoms with Gasteiger partial charge < -0.3 is 5.11 Å². The van der Waals surface area contributed by atoms with E-state index in [0.717, 1.165) is 19.4 Å². The smallest absolute Gasteiger partial charge is 0.128 e. The highest BCUT2D eigenvalue weighted by Gasteiger charge is 1.84. The molecule has 0 bridgehead atoms. The van der Waals surface area contributed by atoms with Crippen molar-refractivity contribution in [3.63, 3.8) is 0 Å². The maximum atomic E-state index is 8.37. The molecule has 3 nitrogen and oxygen atoms in total. The van der Waals surface area contributed by atoms with Gasteiger partial charge in [-0.3, -0.25) is 4.84 Å². The average molecular weight is 143 g/mol. The normalized spacial score (nSPS) is 9.20. The lowest BCUT2D eigenvalue weighted by Crippen LogP contribution is -2.16. The summed E-state index contributed by atoms with van der Waals surface area (Å²) in [6.07, 6.45) is 6.62. The molecule has 0 radical (unpaired) electrons. The van der Waals surface area contributed by atoms with Gasteiger partial charge in [0.15, 0.2) is 0 Å². The Hall–Kier alpha value is -0.560. The Balaban J connectivity index is 2.72. The number of aliphatic hydroxyl groups is 1. The number of hydroxylamine groups is 1. The van der Waals surface area contributed by atoms with Crippen LogP contribution < -0.4 is 5.48 Å². The van der Waals surface area contributed by atoms with Gasteiger partial charge in [0, 0.05) is 13.2 Å². The zero-order valence-electron chi connectivity index (χ0n) is 5.97. The summed E-state index contributed by atoms with van der Waals surface area (Å²) in [5.41, 5.74) is 2.67. The summed E-state index contributed by atoms with van der Waals surface area (Å²) in [4.78, 5) is 4.76.